The number of carbonyl (C=O) groups excluding carboxylic acids is 1. The Balaban J connectivity index is 2.22. The second kappa shape index (κ2) is 8.59. The number of ether oxygens (including phenoxy) is 1. The van der Waals surface area contributed by atoms with Crippen LogP contribution in [0.1, 0.15) is 66.2 Å². The lowest BCUT2D eigenvalue weighted by Crippen LogP contribution is -2.49. The number of carboxylic acids is 1. The standard InChI is InChI=1S/C22H34O5/c1-15(24)27-14-16(12-20(25)26)6-8-18-17(13-23)7-9-19-21(2,3)10-5-11-22(18,19)4/h7,12,18-19,23H,5-6,8-11,13-14H2,1-4H3,(H,25,26)/b16-12+/t18-,19-,22+/m0/s1. The third kappa shape index (κ3) is 5.01. The molecule has 0 aromatic rings. The summed E-state index contributed by atoms with van der Waals surface area (Å²) in [6.07, 6.45) is 9.20. The van der Waals surface area contributed by atoms with E-state index in [0.717, 1.165) is 30.9 Å². The van der Waals surface area contributed by atoms with E-state index >= 15 is 0 Å². The Kier molecular flexibility index (Phi) is 6.90. The lowest BCUT2D eigenvalue weighted by molar-refractivity contribution is -0.140. The minimum absolute atomic E-state index is 0.0121. The number of esters is 1. The zero-order valence-corrected chi connectivity index (χ0v) is 17.1. The molecule has 27 heavy (non-hydrogen) atoms. The zero-order valence-electron chi connectivity index (χ0n) is 17.1. The first kappa shape index (κ1) is 21.7. The Hall–Kier alpha value is -1.62. The van der Waals surface area contributed by atoms with Gasteiger partial charge in [-0.05, 0) is 65.9 Å². The summed E-state index contributed by atoms with van der Waals surface area (Å²) in [6.45, 7) is 8.43. The van der Waals surface area contributed by atoms with Gasteiger partial charge in [-0.2, -0.15) is 0 Å². The number of hydrogen-bond donors (Lipinski definition) is 2. The molecule has 0 spiro atoms. The Morgan fingerprint density at radius 1 is 1.30 bits per heavy atom. The largest absolute Gasteiger partial charge is 0.478 e. The molecule has 2 rings (SSSR count). The Labute approximate surface area is 162 Å². The molecule has 5 nitrogen and oxygen atoms in total. The number of aliphatic hydroxyl groups is 1. The molecule has 0 bridgehead atoms. The van der Waals surface area contributed by atoms with E-state index in [2.05, 4.69) is 26.8 Å². The highest BCUT2D eigenvalue weighted by atomic mass is 16.5. The Morgan fingerprint density at radius 3 is 2.59 bits per heavy atom. The van der Waals surface area contributed by atoms with Crippen molar-refractivity contribution in [1.29, 1.82) is 0 Å². The van der Waals surface area contributed by atoms with Crippen LogP contribution in [0.25, 0.3) is 0 Å². The molecule has 0 aromatic carbocycles. The molecule has 152 valence electrons. The summed E-state index contributed by atoms with van der Waals surface area (Å²) in [7, 11) is 0. The van der Waals surface area contributed by atoms with Gasteiger partial charge in [-0.1, -0.05) is 33.3 Å². The van der Waals surface area contributed by atoms with Crippen LogP contribution >= 0.6 is 0 Å². The molecule has 2 aliphatic carbocycles. The van der Waals surface area contributed by atoms with E-state index in [1.807, 2.05) is 0 Å². The molecule has 3 atom stereocenters. The van der Waals surface area contributed by atoms with Crippen molar-refractivity contribution in [2.45, 2.75) is 66.2 Å². The van der Waals surface area contributed by atoms with Crippen molar-refractivity contribution in [3.8, 4) is 0 Å². The highest BCUT2D eigenvalue weighted by Crippen LogP contribution is 2.60. The molecule has 2 N–H and O–H groups in total. The minimum atomic E-state index is -1.03. The summed E-state index contributed by atoms with van der Waals surface area (Å²) in [4.78, 5) is 22.2. The summed E-state index contributed by atoms with van der Waals surface area (Å²) < 4.78 is 5.03. The SMILES string of the molecule is CC(=O)OC/C(=C/C(=O)O)CC[C@H]1C(CO)=CC[C@H]2C(C)(C)CCC[C@]12C. The number of rotatable bonds is 7. The molecular weight excluding hydrogens is 344 g/mol. The molecule has 0 aromatic heterocycles. The third-order valence-corrected chi connectivity index (χ3v) is 6.86. The Morgan fingerprint density at radius 2 is 2.00 bits per heavy atom. The van der Waals surface area contributed by atoms with Crippen LogP contribution in [-0.2, 0) is 14.3 Å². The average molecular weight is 379 g/mol. The van der Waals surface area contributed by atoms with Gasteiger partial charge in [-0.25, -0.2) is 4.79 Å². The maximum absolute atomic E-state index is 11.1. The molecule has 2 aliphatic rings. The summed E-state index contributed by atoms with van der Waals surface area (Å²) in [5.41, 5.74) is 2.05. The second-order valence-electron chi connectivity index (χ2n) is 9.09. The minimum Gasteiger partial charge on any atom is -0.478 e. The van der Waals surface area contributed by atoms with Crippen LogP contribution in [0.5, 0.6) is 0 Å². The molecule has 0 amide bonds. The number of hydrogen-bond acceptors (Lipinski definition) is 4. The van der Waals surface area contributed by atoms with Gasteiger partial charge in [-0.3, -0.25) is 4.79 Å². The van der Waals surface area contributed by atoms with E-state index in [1.165, 1.54) is 19.8 Å². The monoisotopic (exact) mass is 378 g/mol. The van der Waals surface area contributed by atoms with Crippen molar-refractivity contribution < 1.29 is 24.5 Å². The van der Waals surface area contributed by atoms with Crippen LogP contribution in [0.4, 0.5) is 0 Å². The molecule has 0 unspecified atom stereocenters. The predicted molar refractivity (Wildman–Crippen MR) is 104 cm³/mol. The van der Waals surface area contributed by atoms with Crippen LogP contribution in [0.3, 0.4) is 0 Å². The van der Waals surface area contributed by atoms with E-state index < -0.39 is 11.9 Å². The average Bonchev–Trinajstić information content (AvgIpc) is 2.56. The Bertz CT molecular complexity index is 631. The van der Waals surface area contributed by atoms with Crippen molar-refractivity contribution >= 4 is 11.9 Å². The number of carbonyl (C=O) groups is 2. The first-order chi connectivity index (χ1) is 12.6. The van der Waals surface area contributed by atoms with E-state index in [1.54, 1.807) is 0 Å². The number of aliphatic hydroxyl groups excluding tert-OH is 1. The summed E-state index contributed by atoms with van der Waals surface area (Å²) in [5.74, 6) is -0.669. The van der Waals surface area contributed by atoms with E-state index in [4.69, 9.17) is 9.84 Å². The van der Waals surface area contributed by atoms with Crippen LogP contribution < -0.4 is 0 Å². The van der Waals surface area contributed by atoms with Gasteiger partial charge in [0.1, 0.15) is 6.61 Å². The molecule has 1 fully saturated rings. The van der Waals surface area contributed by atoms with Gasteiger partial charge in [0.15, 0.2) is 0 Å². The van der Waals surface area contributed by atoms with Crippen LogP contribution in [0, 0.1) is 22.7 Å². The van der Waals surface area contributed by atoms with Crippen molar-refractivity contribution in [2.24, 2.45) is 22.7 Å². The highest BCUT2D eigenvalue weighted by Gasteiger charge is 2.51. The molecule has 0 radical (unpaired) electrons. The summed E-state index contributed by atoms with van der Waals surface area (Å²) in [6, 6.07) is 0. The smallest absolute Gasteiger partial charge is 0.328 e. The summed E-state index contributed by atoms with van der Waals surface area (Å²) >= 11 is 0. The van der Waals surface area contributed by atoms with Gasteiger partial charge < -0.3 is 14.9 Å². The number of fused-ring (bicyclic) bond motifs is 1. The molecule has 0 aliphatic heterocycles. The predicted octanol–water partition coefficient (Wildman–Crippen LogP) is 4.11. The number of allylic oxidation sites excluding steroid dienone is 1. The van der Waals surface area contributed by atoms with Crippen molar-refractivity contribution in [2.75, 3.05) is 13.2 Å². The molecule has 1 saturated carbocycles. The van der Waals surface area contributed by atoms with E-state index in [-0.39, 0.29) is 30.0 Å². The van der Waals surface area contributed by atoms with Gasteiger partial charge in [0.25, 0.3) is 0 Å². The molecular formula is C22H34O5. The lowest BCUT2D eigenvalue weighted by Gasteiger charge is -2.57. The maximum atomic E-state index is 11.1. The van der Waals surface area contributed by atoms with E-state index in [0.29, 0.717) is 17.9 Å². The first-order valence-corrected chi connectivity index (χ1v) is 9.95. The number of carboxylic acid groups (broad SMARTS) is 1. The van der Waals surface area contributed by atoms with Crippen LogP contribution in [0.15, 0.2) is 23.3 Å². The third-order valence-electron chi connectivity index (χ3n) is 6.86. The molecule has 5 heteroatoms. The number of aliphatic carboxylic acids is 1. The second-order valence-corrected chi connectivity index (χ2v) is 9.09. The van der Waals surface area contributed by atoms with Gasteiger partial charge in [0.2, 0.25) is 0 Å². The molecule has 0 saturated heterocycles. The van der Waals surface area contributed by atoms with Crippen LogP contribution in [-0.4, -0.2) is 35.4 Å². The van der Waals surface area contributed by atoms with Crippen molar-refractivity contribution in [3.63, 3.8) is 0 Å². The first-order valence-electron chi connectivity index (χ1n) is 9.95. The van der Waals surface area contributed by atoms with Gasteiger partial charge >= 0.3 is 11.9 Å². The van der Waals surface area contributed by atoms with E-state index in [9.17, 15) is 14.7 Å². The zero-order chi connectivity index (χ0) is 20.2. The quantitative estimate of drug-likeness (QED) is 0.396. The van der Waals surface area contributed by atoms with Gasteiger partial charge in [-0.15, -0.1) is 0 Å². The van der Waals surface area contributed by atoms with Gasteiger partial charge in [0.05, 0.1) is 6.61 Å². The fourth-order valence-corrected chi connectivity index (χ4v) is 5.58. The van der Waals surface area contributed by atoms with Crippen molar-refractivity contribution in [3.05, 3.63) is 23.3 Å². The highest BCUT2D eigenvalue weighted by molar-refractivity contribution is 5.80. The normalized spacial score (nSPS) is 30.3. The molecule has 0 heterocycles. The topological polar surface area (TPSA) is 83.8 Å². The van der Waals surface area contributed by atoms with Gasteiger partial charge in [0, 0.05) is 13.0 Å². The van der Waals surface area contributed by atoms with Crippen molar-refractivity contribution in [1.82, 2.24) is 0 Å². The fourth-order valence-electron chi connectivity index (χ4n) is 5.58. The maximum Gasteiger partial charge on any atom is 0.328 e. The van der Waals surface area contributed by atoms with Crippen LogP contribution in [0.2, 0.25) is 0 Å². The summed E-state index contributed by atoms with van der Waals surface area (Å²) in [5, 5.41) is 19.1. The fraction of sp³-hybridized carbons (Fsp3) is 0.727. The lowest BCUT2D eigenvalue weighted by atomic mass is 9.48.